The number of nitrogens with zero attached hydrogens (tertiary/aromatic N) is 4. The average Bonchev–Trinajstić information content (AvgIpc) is 3.57. The zero-order valence-corrected chi connectivity index (χ0v) is 28.6. The Morgan fingerprint density at radius 3 is 2.31 bits per heavy atom. The molecule has 0 bridgehead atoms. The first-order valence-electron chi connectivity index (χ1n) is 15.9. The molecule has 1 aliphatic rings. The van der Waals surface area contributed by atoms with Crippen molar-refractivity contribution in [1.29, 1.82) is 0 Å². The molecule has 0 unspecified atom stereocenters. The Bertz CT molecular complexity index is 2040. The number of carbonyl (C=O) groups excluding carboxylic acids is 1. The SMILES string of the molecule is CC(C)(C)c1cc(NC(=O)Nc2ccc(OCCc3ccncc3)c3ccccc23)n(-c2ccc(CN3C(C)(C)CNS3(=O)=O)cc2)n1. The van der Waals surface area contributed by atoms with E-state index in [-0.39, 0.29) is 12.0 Å². The standard InChI is InChI=1S/C36H41N7O4S/c1-35(2,3)32-22-33(43(41-32)27-12-10-26(11-13-27)23-42-36(4,5)24-38-48(42,45)46)40-34(44)39-30-14-15-31(29-9-7-6-8-28(29)30)47-21-18-25-16-19-37-20-17-25/h6-17,19-20,22,38H,18,21,23-24H2,1-5H3,(H2,39,40,44). The zero-order chi connectivity index (χ0) is 34.1. The number of benzene rings is 3. The normalized spacial score (nSPS) is 15.8. The molecule has 2 aromatic heterocycles. The summed E-state index contributed by atoms with van der Waals surface area (Å²) in [7, 11) is -3.54. The first-order valence-corrected chi connectivity index (χ1v) is 17.3. The lowest BCUT2D eigenvalue weighted by Crippen LogP contribution is -2.41. The summed E-state index contributed by atoms with van der Waals surface area (Å²) in [6.45, 7) is 11.1. The van der Waals surface area contributed by atoms with Gasteiger partial charge in [0.05, 0.1) is 23.7 Å². The first-order chi connectivity index (χ1) is 22.8. The number of hydrogen-bond acceptors (Lipinski definition) is 6. The minimum absolute atomic E-state index is 0.241. The lowest BCUT2D eigenvalue weighted by Gasteiger charge is -2.28. The van der Waals surface area contributed by atoms with Crippen molar-refractivity contribution in [3.63, 3.8) is 0 Å². The van der Waals surface area contributed by atoms with Crippen LogP contribution in [-0.4, -0.2) is 52.2 Å². The van der Waals surface area contributed by atoms with Gasteiger partial charge in [-0.15, -0.1) is 0 Å². The van der Waals surface area contributed by atoms with Crippen molar-refractivity contribution in [3.8, 4) is 11.4 Å². The molecule has 3 N–H and O–H groups in total. The molecule has 0 saturated carbocycles. The van der Waals surface area contributed by atoms with E-state index in [2.05, 4.69) is 41.1 Å². The van der Waals surface area contributed by atoms with Crippen LogP contribution >= 0.6 is 0 Å². The van der Waals surface area contributed by atoms with Gasteiger partial charge >= 0.3 is 6.03 Å². The van der Waals surface area contributed by atoms with E-state index in [1.54, 1.807) is 17.1 Å². The molecule has 0 atom stereocenters. The lowest BCUT2D eigenvalue weighted by atomic mass is 9.92. The summed E-state index contributed by atoms with van der Waals surface area (Å²) in [5.74, 6) is 1.24. The van der Waals surface area contributed by atoms with Crippen molar-refractivity contribution in [2.45, 2.75) is 58.5 Å². The number of urea groups is 1. The van der Waals surface area contributed by atoms with Crippen LogP contribution in [-0.2, 0) is 28.6 Å². The molecule has 11 nitrogen and oxygen atoms in total. The largest absolute Gasteiger partial charge is 0.493 e. The van der Waals surface area contributed by atoms with Gasteiger partial charge in [0.1, 0.15) is 11.6 Å². The molecule has 2 amide bonds. The zero-order valence-electron chi connectivity index (χ0n) is 27.8. The van der Waals surface area contributed by atoms with Crippen molar-refractivity contribution in [1.82, 2.24) is 23.8 Å². The van der Waals surface area contributed by atoms with Crippen molar-refractivity contribution in [2.75, 3.05) is 23.8 Å². The molecule has 1 saturated heterocycles. The molecule has 48 heavy (non-hydrogen) atoms. The van der Waals surface area contributed by atoms with Crippen LogP contribution in [0.1, 0.15) is 51.4 Å². The summed E-state index contributed by atoms with van der Waals surface area (Å²) in [6, 6.07) is 24.4. The van der Waals surface area contributed by atoms with Crippen molar-refractivity contribution >= 4 is 38.5 Å². The van der Waals surface area contributed by atoms with Crippen LogP contribution in [0.4, 0.5) is 16.3 Å². The van der Waals surface area contributed by atoms with Gasteiger partial charge in [0, 0.05) is 59.7 Å². The van der Waals surface area contributed by atoms with Crippen LogP contribution in [0.25, 0.3) is 16.5 Å². The summed E-state index contributed by atoms with van der Waals surface area (Å²) in [4.78, 5) is 17.5. The number of carbonyl (C=O) groups is 1. The molecule has 1 aliphatic heterocycles. The van der Waals surface area contributed by atoms with E-state index in [1.165, 1.54) is 4.31 Å². The minimum Gasteiger partial charge on any atom is -0.493 e. The molecule has 250 valence electrons. The van der Waals surface area contributed by atoms with E-state index < -0.39 is 21.8 Å². The maximum atomic E-state index is 13.5. The molecule has 0 aliphatic carbocycles. The second-order valence-electron chi connectivity index (χ2n) is 13.6. The number of amides is 2. The molecule has 0 radical (unpaired) electrons. The van der Waals surface area contributed by atoms with E-state index >= 15 is 0 Å². The van der Waals surface area contributed by atoms with Gasteiger partial charge in [-0.1, -0.05) is 57.2 Å². The van der Waals surface area contributed by atoms with Crippen LogP contribution in [0.15, 0.2) is 91.3 Å². The van der Waals surface area contributed by atoms with E-state index in [1.807, 2.05) is 92.7 Å². The Balaban J connectivity index is 1.20. The highest BCUT2D eigenvalue weighted by Crippen LogP contribution is 2.33. The number of pyridine rings is 1. The Morgan fingerprint density at radius 2 is 1.65 bits per heavy atom. The average molecular weight is 668 g/mol. The van der Waals surface area contributed by atoms with Gasteiger partial charge in [-0.3, -0.25) is 10.3 Å². The molecule has 6 rings (SSSR count). The van der Waals surface area contributed by atoms with Gasteiger partial charge in [0.25, 0.3) is 10.2 Å². The van der Waals surface area contributed by atoms with Gasteiger partial charge in [0.15, 0.2) is 0 Å². The number of rotatable bonds is 9. The highest BCUT2D eigenvalue weighted by Gasteiger charge is 2.42. The fourth-order valence-corrected chi connectivity index (χ4v) is 7.33. The summed E-state index contributed by atoms with van der Waals surface area (Å²) >= 11 is 0. The van der Waals surface area contributed by atoms with Crippen LogP contribution < -0.4 is 20.1 Å². The second-order valence-corrected chi connectivity index (χ2v) is 15.3. The topological polar surface area (TPSA) is 130 Å². The van der Waals surface area contributed by atoms with Gasteiger partial charge < -0.3 is 10.1 Å². The molecule has 3 heterocycles. The number of fused-ring (bicyclic) bond motifs is 1. The molecule has 0 spiro atoms. The van der Waals surface area contributed by atoms with Gasteiger partial charge in [-0.05, 0) is 61.4 Å². The fourth-order valence-electron chi connectivity index (χ4n) is 5.60. The van der Waals surface area contributed by atoms with Crippen molar-refractivity contribution in [2.24, 2.45) is 0 Å². The third kappa shape index (κ3) is 7.20. The fraction of sp³-hybridized carbons (Fsp3) is 0.306. The highest BCUT2D eigenvalue weighted by atomic mass is 32.2. The van der Waals surface area contributed by atoms with Crippen molar-refractivity contribution < 1.29 is 17.9 Å². The lowest BCUT2D eigenvalue weighted by molar-refractivity contribution is 0.255. The number of aromatic nitrogens is 3. The van der Waals surface area contributed by atoms with Crippen molar-refractivity contribution in [3.05, 3.63) is 108 Å². The van der Waals surface area contributed by atoms with E-state index in [0.717, 1.165) is 45.5 Å². The third-order valence-corrected chi connectivity index (χ3v) is 10.1. The van der Waals surface area contributed by atoms with Crippen LogP contribution in [0.2, 0.25) is 0 Å². The predicted octanol–water partition coefficient (Wildman–Crippen LogP) is 6.41. The number of hydrogen-bond donors (Lipinski definition) is 3. The maximum Gasteiger partial charge on any atom is 0.324 e. The van der Waals surface area contributed by atoms with E-state index in [4.69, 9.17) is 9.84 Å². The monoisotopic (exact) mass is 667 g/mol. The first kappa shape index (κ1) is 33.1. The number of nitrogens with one attached hydrogen (secondary N) is 3. The van der Waals surface area contributed by atoms with E-state index in [0.29, 0.717) is 24.7 Å². The summed E-state index contributed by atoms with van der Waals surface area (Å²) in [5.41, 5.74) is 3.35. The predicted molar refractivity (Wildman–Crippen MR) is 189 cm³/mol. The second kappa shape index (κ2) is 13.0. The Labute approximate surface area is 281 Å². The smallest absolute Gasteiger partial charge is 0.324 e. The quantitative estimate of drug-likeness (QED) is 0.167. The molecular weight excluding hydrogens is 627 g/mol. The number of ether oxygens (including phenoxy) is 1. The minimum atomic E-state index is -3.54. The summed E-state index contributed by atoms with van der Waals surface area (Å²) in [6.07, 6.45) is 4.30. The Kier molecular flexibility index (Phi) is 8.99. The van der Waals surface area contributed by atoms with Crippen LogP contribution in [0.5, 0.6) is 5.75 Å². The van der Waals surface area contributed by atoms with E-state index in [9.17, 15) is 13.2 Å². The molecular formula is C36H41N7O4S. The highest BCUT2D eigenvalue weighted by molar-refractivity contribution is 7.87. The number of anilines is 2. The molecule has 1 fully saturated rings. The summed E-state index contributed by atoms with van der Waals surface area (Å²) < 4.78 is 37.1. The van der Waals surface area contributed by atoms with Gasteiger partial charge in [-0.25, -0.2) is 14.2 Å². The Hall–Kier alpha value is -4.78. The molecule has 12 heteroatoms. The van der Waals surface area contributed by atoms with Crippen LogP contribution in [0.3, 0.4) is 0 Å². The Morgan fingerprint density at radius 1 is 0.938 bits per heavy atom. The molecule has 3 aromatic carbocycles. The van der Waals surface area contributed by atoms with Crippen LogP contribution in [0, 0.1) is 0 Å². The maximum absolute atomic E-state index is 13.5. The molecule has 5 aromatic rings. The van der Waals surface area contributed by atoms with Gasteiger partial charge in [0.2, 0.25) is 0 Å². The summed E-state index contributed by atoms with van der Waals surface area (Å²) in [5, 5.41) is 12.6. The third-order valence-electron chi connectivity index (χ3n) is 8.41. The van der Waals surface area contributed by atoms with Gasteiger partial charge in [-0.2, -0.15) is 17.8 Å².